The van der Waals surface area contributed by atoms with Crippen molar-refractivity contribution in [3.8, 4) is 11.1 Å². The molecule has 0 aliphatic rings. The van der Waals surface area contributed by atoms with Gasteiger partial charge in [0, 0.05) is 47.7 Å². The maximum Gasteiger partial charge on any atom is 0.320 e. The highest BCUT2D eigenvalue weighted by Gasteiger charge is 2.11. The van der Waals surface area contributed by atoms with Gasteiger partial charge in [-0.25, -0.2) is 9.78 Å². The largest absolute Gasteiger partial charge is 0.387 e. The van der Waals surface area contributed by atoms with E-state index < -0.39 is 6.10 Å². The van der Waals surface area contributed by atoms with Crippen molar-refractivity contribution in [2.24, 2.45) is 0 Å². The zero-order valence-electron chi connectivity index (χ0n) is 15.7. The standard InChI is InChI=1S/C20H23N5O2/c1-4-18(26)17-6-12(3)15(11-23-17)13-7-14-10-24-19(8-16(14)22-9-13)25-20(27)21-5-2/h6-11,18,26H,4-5H2,1-3H3,(H2,21,24,25,27)/t18-/m0/s1. The molecule has 7 heteroatoms. The summed E-state index contributed by atoms with van der Waals surface area (Å²) in [5.41, 5.74) is 4.33. The number of carbonyl (C=O) groups is 1. The first kappa shape index (κ1) is 18.7. The second-order valence-corrected chi connectivity index (χ2v) is 6.32. The first-order valence-corrected chi connectivity index (χ1v) is 8.97. The molecule has 0 bridgehead atoms. The van der Waals surface area contributed by atoms with Gasteiger partial charge in [-0.15, -0.1) is 0 Å². The molecule has 3 aromatic heterocycles. The third kappa shape index (κ3) is 4.20. The predicted octanol–water partition coefficient (Wildman–Crippen LogP) is 3.59. The van der Waals surface area contributed by atoms with E-state index >= 15 is 0 Å². The Bertz CT molecular complexity index is 974. The van der Waals surface area contributed by atoms with E-state index in [1.165, 1.54) is 0 Å². The fraction of sp³-hybridized carbons (Fsp3) is 0.300. The van der Waals surface area contributed by atoms with E-state index in [0.717, 1.165) is 27.6 Å². The third-order valence-electron chi connectivity index (χ3n) is 4.32. The molecule has 3 rings (SSSR count). The van der Waals surface area contributed by atoms with Crippen LogP contribution in [-0.4, -0.2) is 32.6 Å². The van der Waals surface area contributed by atoms with Gasteiger partial charge in [-0.05, 0) is 38.0 Å². The summed E-state index contributed by atoms with van der Waals surface area (Å²) < 4.78 is 0. The number of urea groups is 1. The highest BCUT2D eigenvalue weighted by atomic mass is 16.3. The van der Waals surface area contributed by atoms with Crippen LogP contribution in [0.2, 0.25) is 0 Å². The summed E-state index contributed by atoms with van der Waals surface area (Å²) >= 11 is 0. The molecule has 0 aliphatic heterocycles. The predicted molar refractivity (Wildman–Crippen MR) is 105 cm³/mol. The van der Waals surface area contributed by atoms with E-state index in [9.17, 15) is 9.90 Å². The molecule has 140 valence electrons. The third-order valence-corrected chi connectivity index (χ3v) is 4.32. The molecule has 0 fully saturated rings. The number of aliphatic hydroxyl groups is 1. The Balaban J connectivity index is 1.90. The minimum absolute atomic E-state index is 0.294. The summed E-state index contributed by atoms with van der Waals surface area (Å²) in [6.45, 7) is 6.31. The van der Waals surface area contributed by atoms with Crippen LogP contribution in [0.5, 0.6) is 0 Å². The minimum Gasteiger partial charge on any atom is -0.387 e. The van der Waals surface area contributed by atoms with Crippen molar-refractivity contribution in [1.29, 1.82) is 0 Å². The number of aryl methyl sites for hydroxylation is 1. The van der Waals surface area contributed by atoms with Gasteiger partial charge in [-0.2, -0.15) is 0 Å². The molecule has 3 aromatic rings. The summed E-state index contributed by atoms with van der Waals surface area (Å²) in [7, 11) is 0. The van der Waals surface area contributed by atoms with Crippen molar-refractivity contribution in [3.63, 3.8) is 0 Å². The Hall–Kier alpha value is -3.06. The summed E-state index contributed by atoms with van der Waals surface area (Å²) in [5.74, 6) is 0.449. The van der Waals surface area contributed by atoms with Crippen LogP contribution in [-0.2, 0) is 0 Å². The quantitative estimate of drug-likeness (QED) is 0.642. The van der Waals surface area contributed by atoms with Crippen molar-refractivity contribution in [3.05, 3.63) is 48.0 Å². The van der Waals surface area contributed by atoms with Crippen molar-refractivity contribution in [1.82, 2.24) is 20.3 Å². The molecule has 0 unspecified atom stereocenters. The van der Waals surface area contributed by atoms with Gasteiger partial charge in [-0.3, -0.25) is 15.3 Å². The minimum atomic E-state index is -0.549. The zero-order valence-corrected chi connectivity index (χ0v) is 15.7. The lowest BCUT2D eigenvalue weighted by Crippen LogP contribution is -2.28. The molecule has 3 heterocycles. The molecule has 1 atom stereocenters. The SMILES string of the molecule is CCNC(=O)Nc1cc2ncc(-c3cnc([C@@H](O)CC)cc3C)cc2cn1. The number of rotatable bonds is 5. The number of nitrogens with one attached hydrogen (secondary N) is 2. The second-order valence-electron chi connectivity index (χ2n) is 6.32. The summed E-state index contributed by atoms with van der Waals surface area (Å²) in [4.78, 5) is 24.8. The Morgan fingerprint density at radius 3 is 2.63 bits per heavy atom. The molecule has 0 aliphatic carbocycles. The van der Waals surface area contributed by atoms with Gasteiger partial charge in [0.05, 0.1) is 17.3 Å². The molecule has 27 heavy (non-hydrogen) atoms. The van der Waals surface area contributed by atoms with Crippen LogP contribution in [0.15, 0.2) is 36.8 Å². The van der Waals surface area contributed by atoms with E-state index in [2.05, 4.69) is 25.6 Å². The van der Waals surface area contributed by atoms with Crippen LogP contribution in [0.3, 0.4) is 0 Å². The summed E-state index contributed by atoms with van der Waals surface area (Å²) in [6, 6.07) is 5.34. The molecule has 0 aromatic carbocycles. The molecule has 2 amide bonds. The highest BCUT2D eigenvalue weighted by Crippen LogP contribution is 2.27. The number of aromatic nitrogens is 3. The first-order valence-electron chi connectivity index (χ1n) is 8.97. The van der Waals surface area contributed by atoms with Gasteiger partial charge in [0.15, 0.2) is 0 Å². The molecule has 7 nitrogen and oxygen atoms in total. The topological polar surface area (TPSA) is 100 Å². The molecule has 3 N–H and O–H groups in total. The first-order chi connectivity index (χ1) is 13.0. The van der Waals surface area contributed by atoms with Crippen LogP contribution in [0.4, 0.5) is 10.6 Å². The number of amides is 2. The number of nitrogens with zero attached hydrogens (tertiary/aromatic N) is 3. The van der Waals surface area contributed by atoms with Crippen LogP contribution >= 0.6 is 0 Å². The number of pyridine rings is 3. The smallest absolute Gasteiger partial charge is 0.320 e. The van der Waals surface area contributed by atoms with Gasteiger partial charge in [0.2, 0.25) is 0 Å². The number of aliphatic hydroxyl groups excluding tert-OH is 1. The van der Waals surface area contributed by atoms with E-state index in [1.54, 1.807) is 24.7 Å². The van der Waals surface area contributed by atoms with Crippen LogP contribution in [0, 0.1) is 6.92 Å². The van der Waals surface area contributed by atoms with Gasteiger partial charge < -0.3 is 10.4 Å². The lowest BCUT2D eigenvalue weighted by molar-refractivity contribution is 0.169. The number of carbonyl (C=O) groups excluding carboxylic acids is 1. The number of hydrogen-bond donors (Lipinski definition) is 3. The van der Waals surface area contributed by atoms with Gasteiger partial charge in [0.25, 0.3) is 0 Å². The second kappa shape index (κ2) is 8.09. The Labute approximate surface area is 157 Å². The molecule has 0 radical (unpaired) electrons. The molecule has 0 saturated heterocycles. The summed E-state index contributed by atoms with van der Waals surface area (Å²) in [6.07, 6.45) is 5.31. The van der Waals surface area contributed by atoms with Gasteiger partial charge in [-0.1, -0.05) is 6.92 Å². The number of hydrogen-bond acceptors (Lipinski definition) is 5. The monoisotopic (exact) mass is 365 g/mol. The van der Waals surface area contributed by atoms with Gasteiger partial charge >= 0.3 is 6.03 Å². The Morgan fingerprint density at radius 1 is 1.11 bits per heavy atom. The Morgan fingerprint density at radius 2 is 1.93 bits per heavy atom. The molecular formula is C20H23N5O2. The highest BCUT2D eigenvalue weighted by molar-refractivity contribution is 5.91. The van der Waals surface area contributed by atoms with E-state index in [4.69, 9.17) is 0 Å². The van der Waals surface area contributed by atoms with Crippen LogP contribution in [0.1, 0.15) is 37.6 Å². The normalized spacial score (nSPS) is 12.0. The van der Waals surface area contributed by atoms with Crippen molar-refractivity contribution in [2.45, 2.75) is 33.3 Å². The number of anilines is 1. The Kier molecular flexibility index (Phi) is 5.61. The fourth-order valence-corrected chi connectivity index (χ4v) is 2.83. The maximum absolute atomic E-state index is 11.6. The lowest BCUT2D eigenvalue weighted by atomic mass is 10.0. The summed E-state index contributed by atoms with van der Waals surface area (Å²) in [5, 5.41) is 16.2. The van der Waals surface area contributed by atoms with Crippen LogP contribution in [0.25, 0.3) is 22.0 Å². The van der Waals surface area contributed by atoms with E-state index in [-0.39, 0.29) is 6.03 Å². The lowest BCUT2D eigenvalue weighted by Gasteiger charge is -2.12. The van der Waals surface area contributed by atoms with E-state index in [1.807, 2.05) is 32.9 Å². The number of fused-ring (bicyclic) bond motifs is 1. The molecule has 0 spiro atoms. The molecular weight excluding hydrogens is 342 g/mol. The van der Waals surface area contributed by atoms with E-state index in [0.29, 0.717) is 24.5 Å². The average molecular weight is 365 g/mol. The van der Waals surface area contributed by atoms with Crippen molar-refractivity contribution < 1.29 is 9.90 Å². The van der Waals surface area contributed by atoms with Crippen LogP contribution < -0.4 is 10.6 Å². The van der Waals surface area contributed by atoms with Crippen molar-refractivity contribution >= 4 is 22.8 Å². The fourth-order valence-electron chi connectivity index (χ4n) is 2.83. The molecule has 0 saturated carbocycles. The van der Waals surface area contributed by atoms with Gasteiger partial charge in [0.1, 0.15) is 5.82 Å². The zero-order chi connectivity index (χ0) is 19.4. The maximum atomic E-state index is 11.6. The van der Waals surface area contributed by atoms with Crippen molar-refractivity contribution in [2.75, 3.05) is 11.9 Å². The average Bonchev–Trinajstić information content (AvgIpc) is 2.67.